The van der Waals surface area contributed by atoms with Gasteiger partial charge in [-0.25, -0.2) is 0 Å². The maximum Gasteiger partial charge on any atom is 0.0636 e. The van der Waals surface area contributed by atoms with Crippen LogP contribution in [0.1, 0.15) is 33.1 Å². The fraction of sp³-hybridized carbons (Fsp3) is 1.00. The molecule has 1 aliphatic carbocycles. The zero-order valence-electron chi connectivity index (χ0n) is 8.62. The molecule has 1 saturated carbocycles. The summed E-state index contributed by atoms with van der Waals surface area (Å²) in [7, 11) is 0. The molecule has 0 aromatic rings. The highest BCUT2D eigenvalue weighted by Crippen LogP contribution is 2.29. The normalized spacial score (nSPS) is 30.7. The van der Waals surface area contributed by atoms with Crippen molar-refractivity contribution in [3.63, 3.8) is 0 Å². The fourth-order valence-corrected chi connectivity index (χ4v) is 3.12. The van der Waals surface area contributed by atoms with Gasteiger partial charge in [-0.1, -0.05) is 13.3 Å². The first-order chi connectivity index (χ1) is 6.24. The average Bonchev–Trinajstić information content (AvgIpc) is 2.49. The minimum atomic E-state index is -0.215. The highest BCUT2D eigenvalue weighted by molar-refractivity contribution is 7.99. The Kier molecular flexibility index (Phi) is 5.14. The average molecular weight is 203 g/mol. The van der Waals surface area contributed by atoms with E-state index in [4.69, 9.17) is 5.11 Å². The summed E-state index contributed by atoms with van der Waals surface area (Å²) >= 11 is 2.05. The Morgan fingerprint density at radius 2 is 2.31 bits per heavy atom. The number of aliphatic hydroxyl groups is 1. The molecule has 78 valence electrons. The lowest BCUT2D eigenvalue weighted by Gasteiger charge is -2.20. The van der Waals surface area contributed by atoms with Gasteiger partial charge in [-0.2, -0.15) is 11.8 Å². The van der Waals surface area contributed by atoms with Crippen molar-refractivity contribution < 1.29 is 5.11 Å². The second-order valence-corrected chi connectivity index (χ2v) is 5.30. The van der Waals surface area contributed by atoms with E-state index in [1.54, 1.807) is 0 Å². The number of rotatable bonds is 5. The zero-order valence-corrected chi connectivity index (χ0v) is 9.44. The second-order valence-electron chi connectivity index (χ2n) is 3.79. The predicted octanol–water partition coefficient (Wildman–Crippen LogP) is 1.63. The minimum absolute atomic E-state index is 0.215. The van der Waals surface area contributed by atoms with Gasteiger partial charge in [-0.15, -0.1) is 0 Å². The topological polar surface area (TPSA) is 32.3 Å². The van der Waals surface area contributed by atoms with Crippen molar-refractivity contribution in [3.8, 4) is 0 Å². The molecule has 1 fully saturated rings. The molecule has 0 aliphatic heterocycles. The SMILES string of the molecule is CCSC1CCCC1NC[C@H](C)O. The molecule has 2 nitrogen and oxygen atoms in total. The Labute approximate surface area is 85.5 Å². The number of hydrogen-bond acceptors (Lipinski definition) is 3. The van der Waals surface area contributed by atoms with Crippen molar-refractivity contribution in [2.75, 3.05) is 12.3 Å². The van der Waals surface area contributed by atoms with Crippen LogP contribution in [0, 0.1) is 0 Å². The van der Waals surface area contributed by atoms with Crippen LogP contribution in [-0.2, 0) is 0 Å². The molecule has 0 spiro atoms. The summed E-state index contributed by atoms with van der Waals surface area (Å²) < 4.78 is 0. The van der Waals surface area contributed by atoms with Crippen molar-refractivity contribution in [3.05, 3.63) is 0 Å². The van der Waals surface area contributed by atoms with Crippen LogP contribution in [0.5, 0.6) is 0 Å². The van der Waals surface area contributed by atoms with Gasteiger partial charge in [0.25, 0.3) is 0 Å². The van der Waals surface area contributed by atoms with Crippen molar-refractivity contribution in [2.24, 2.45) is 0 Å². The van der Waals surface area contributed by atoms with E-state index in [9.17, 15) is 0 Å². The van der Waals surface area contributed by atoms with Gasteiger partial charge in [0.05, 0.1) is 6.10 Å². The summed E-state index contributed by atoms with van der Waals surface area (Å²) in [6, 6.07) is 0.638. The second kappa shape index (κ2) is 5.89. The number of nitrogens with one attached hydrogen (secondary N) is 1. The molecule has 3 atom stereocenters. The Morgan fingerprint density at radius 3 is 2.92 bits per heavy atom. The van der Waals surface area contributed by atoms with Crippen molar-refractivity contribution >= 4 is 11.8 Å². The monoisotopic (exact) mass is 203 g/mol. The van der Waals surface area contributed by atoms with E-state index >= 15 is 0 Å². The Bertz CT molecular complexity index is 141. The molecule has 13 heavy (non-hydrogen) atoms. The molecule has 0 amide bonds. The molecule has 0 saturated heterocycles. The Hall–Kier alpha value is 0.270. The van der Waals surface area contributed by atoms with Crippen LogP contribution in [0.2, 0.25) is 0 Å². The van der Waals surface area contributed by atoms with Crippen LogP contribution in [0.15, 0.2) is 0 Å². The first-order valence-corrected chi connectivity index (χ1v) is 6.32. The van der Waals surface area contributed by atoms with Gasteiger partial charge in [-0.05, 0) is 25.5 Å². The van der Waals surface area contributed by atoms with Crippen molar-refractivity contribution in [1.82, 2.24) is 5.32 Å². The molecular formula is C10H21NOS. The summed E-state index contributed by atoms with van der Waals surface area (Å²) in [6.45, 7) is 4.80. The molecule has 2 unspecified atom stereocenters. The van der Waals surface area contributed by atoms with Gasteiger partial charge in [-0.3, -0.25) is 0 Å². The van der Waals surface area contributed by atoms with Crippen molar-refractivity contribution in [1.29, 1.82) is 0 Å². The molecule has 1 rings (SSSR count). The third-order valence-electron chi connectivity index (χ3n) is 2.51. The summed E-state index contributed by atoms with van der Waals surface area (Å²) in [5, 5.41) is 13.4. The molecular weight excluding hydrogens is 182 g/mol. The van der Waals surface area contributed by atoms with E-state index in [0.717, 1.165) is 11.8 Å². The summed E-state index contributed by atoms with van der Waals surface area (Å²) in [5.41, 5.74) is 0. The third kappa shape index (κ3) is 3.88. The van der Waals surface area contributed by atoms with Gasteiger partial charge < -0.3 is 10.4 Å². The lowest BCUT2D eigenvalue weighted by atomic mass is 10.2. The van der Waals surface area contributed by atoms with E-state index in [1.165, 1.54) is 25.0 Å². The van der Waals surface area contributed by atoms with Crippen LogP contribution in [0.25, 0.3) is 0 Å². The highest BCUT2D eigenvalue weighted by atomic mass is 32.2. The standard InChI is InChI=1S/C10H21NOS/c1-3-13-10-6-4-5-9(10)11-7-8(2)12/h8-12H,3-7H2,1-2H3/t8-,9?,10?/m0/s1. The van der Waals surface area contributed by atoms with Crippen LogP contribution in [0.3, 0.4) is 0 Å². The molecule has 0 aromatic heterocycles. The van der Waals surface area contributed by atoms with Gasteiger partial charge in [0.1, 0.15) is 0 Å². The summed E-state index contributed by atoms with van der Waals surface area (Å²) in [6.07, 6.45) is 3.75. The molecule has 0 radical (unpaired) electrons. The van der Waals surface area contributed by atoms with E-state index in [2.05, 4.69) is 24.0 Å². The summed E-state index contributed by atoms with van der Waals surface area (Å²) in [5.74, 6) is 1.21. The van der Waals surface area contributed by atoms with Crippen LogP contribution in [0.4, 0.5) is 0 Å². The lowest BCUT2D eigenvalue weighted by molar-refractivity contribution is 0.186. The number of hydrogen-bond donors (Lipinski definition) is 2. The van der Waals surface area contributed by atoms with E-state index < -0.39 is 0 Å². The molecule has 0 aromatic carbocycles. The van der Waals surface area contributed by atoms with Gasteiger partial charge in [0.2, 0.25) is 0 Å². The molecule has 0 bridgehead atoms. The zero-order chi connectivity index (χ0) is 9.68. The largest absolute Gasteiger partial charge is 0.392 e. The number of thioether (sulfide) groups is 1. The Balaban J connectivity index is 2.22. The van der Waals surface area contributed by atoms with E-state index in [-0.39, 0.29) is 6.10 Å². The van der Waals surface area contributed by atoms with Crippen LogP contribution >= 0.6 is 11.8 Å². The van der Waals surface area contributed by atoms with Crippen LogP contribution in [-0.4, -0.2) is 34.8 Å². The first kappa shape index (κ1) is 11.3. The van der Waals surface area contributed by atoms with E-state index in [0.29, 0.717) is 6.04 Å². The number of aliphatic hydroxyl groups excluding tert-OH is 1. The van der Waals surface area contributed by atoms with Crippen molar-refractivity contribution in [2.45, 2.75) is 50.5 Å². The first-order valence-electron chi connectivity index (χ1n) is 5.27. The maximum absolute atomic E-state index is 9.16. The van der Waals surface area contributed by atoms with Crippen LogP contribution < -0.4 is 5.32 Å². The minimum Gasteiger partial charge on any atom is -0.392 e. The maximum atomic E-state index is 9.16. The molecule has 3 heteroatoms. The van der Waals surface area contributed by atoms with E-state index in [1.807, 2.05) is 6.92 Å². The predicted molar refractivity (Wildman–Crippen MR) is 59.2 cm³/mol. The third-order valence-corrected chi connectivity index (χ3v) is 3.83. The fourth-order valence-electron chi connectivity index (χ4n) is 1.90. The molecule has 0 heterocycles. The molecule has 1 aliphatic rings. The smallest absolute Gasteiger partial charge is 0.0636 e. The lowest BCUT2D eigenvalue weighted by Crippen LogP contribution is -2.38. The van der Waals surface area contributed by atoms with Gasteiger partial charge in [0, 0.05) is 17.8 Å². The van der Waals surface area contributed by atoms with Gasteiger partial charge in [0.15, 0.2) is 0 Å². The Morgan fingerprint density at radius 1 is 1.54 bits per heavy atom. The summed E-state index contributed by atoms with van der Waals surface area (Å²) in [4.78, 5) is 0. The molecule has 2 N–H and O–H groups in total. The quantitative estimate of drug-likeness (QED) is 0.712. The highest BCUT2D eigenvalue weighted by Gasteiger charge is 2.26. The van der Waals surface area contributed by atoms with Gasteiger partial charge >= 0.3 is 0 Å².